The third-order valence-electron chi connectivity index (χ3n) is 7.26. The summed E-state index contributed by atoms with van der Waals surface area (Å²) in [6, 6.07) is 22.1. The van der Waals surface area contributed by atoms with Crippen LogP contribution in [0.5, 0.6) is 11.5 Å². The first-order valence-electron chi connectivity index (χ1n) is 13.6. The summed E-state index contributed by atoms with van der Waals surface area (Å²) in [5, 5.41) is 18.5. The van der Waals surface area contributed by atoms with Gasteiger partial charge in [-0.25, -0.2) is 4.98 Å². The van der Waals surface area contributed by atoms with E-state index in [1.54, 1.807) is 49.6 Å². The quantitative estimate of drug-likeness (QED) is 0.0554. The second-order valence-corrected chi connectivity index (χ2v) is 19.1. The molecule has 8 nitrogen and oxygen atoms in total. The average Bonchev–Trinajstić information content (AvgIpc) is 3.58. The molecular formula is C32H30Br4ClN5O3. The Morgan fingerprint density at radius 1 is 1.11 bits per heavy atom. The van der Waals surface area contributed by atoms with E-state index in [2.05, 4.69) is 79.8 Å². The smallest absolute Gasteiger partial charge is 0.311 e. The maximum Gasteiger partial charge on any atom is 0.311 e. The number of ether oxygens (including phenoxy) is 2. The molecule has 13 heteroatoms. The standard InChI is InChI=1S/C22H19Br4NO3.C10H11ClN4/c1-21(2)17(19(23)22(24,25)26)18(21)20(28)30-16(12-27)13-7-6-10-15(11-13)29-14-8-4-3-5-9-14;1-8(14-7-12)15(2)6-9-3-4-10(11)13-5-9/h3-11,16-19H,1-2H3;3-5H,6H2,1-2H3/b;14-8+/t16-,17-,18+,19?;/m1./s1. The molecular weight excluding hydrogens is 857 g/mol. The lowest BCUT2D eigenvalue weighted by Crippen LogP contribution is -2.23. The van der Waals surface area contributed by atoms with Gasteiger partial charge in [-0.1, -0.05) is 126 Å². The maximum atomic E-state index is 12.9. The summed E-state index contributed by atoms with van der Waals surface area (Å²) >= 11 is 19.9. The van der Waals surface area contributed by atoms with Gasteiger partial charge in [-0.05, 0) is 54.2 Å². The van der Waals surface area contributed by atoms with Crippen molar-refractivity contribution in [2.45, 2.75) is 40.4 Å². The van der Waals surface area contributed by atoms with E-state index in [0.717, 1.165) is 5.56 Å². The highest BCUT2D eigenvalue weighted by Crippen LogP contribution is 2.66. The topological polar surface area (TPSA) is 112 Å². The van der Waals surface area contributed by atoms with Crippen LogP contribution in [0.3, 0.4) is 0 Å². The Kier molecular flexibility index (Phi) is 13.5. The van der Waals surface area contributed by atoms with Crippen LogP contribution >= 0.6 is 75.3 Å². The summed E-state index contributed by atoms with van der Waals surface area (Å²) in [7, 11) is 1.87. The normalized spacial score (nSPS) is 18.2. The number of nitrogens with zero attached hydrogens (tertiary/aromatic N) is 5. The molecule has 0 spiro atoms. The number of halogens is 5. The zero-order valence-electron chi connectivity index (χ0n) is 24.8. The predicted octanol–water partition coefficient (Wildman–Crippen LogP) is 9.53. The third-order valence-corrected chi connectivity index (χ3v) is 12.1. The first-order chi connectivity index (χ1) is 21.2. The minimum absolute atomic E-state index is 0.0233. The molecule has 45 heavy (non-hydrogen) atoms. The van der Waals surface area contributed by atoms with Crippen LogP contribution < -0.4 is 4.74 Å². The SMILES string of the molecule is C/C(=N\C#N)N(C)Cc1ccc(Cl)nc1.CC1(C)[C@H](C(=O)O[C@H](C#N)c2cccc(Oc3ccccc3)c2)[C@@H]1C(Br)C(Br)(Br)Br. The van der Waals surface area contributed by atoms with Crippen molar-refractivity contribution in [3.63, 3.8) is 0 Å². The van der Waals surface area contributed by atoms with Crippen molar-refractivity contribution >= 4 is 87.1 Å². The second kappa shape index (κ2) is 16.4. The van der Waals surface area contributed by atoms with E-state index in [-0.39, 0.29) is 28.0 Å². The number of rotatable bonds is 8. The van der Waals surface area contributed by atoms with Gasteiger partial charge in [-0.2, -0.15) is 15.5 Å². The van der Waals surface area contributed by atoms with Gasteiger partial charge in [0.1, 0.15) is 30.7 Å². The molecule has 2 aromatic carbocycles. The summed E-state index contributed by atoms with van der Waals surface area (Å²) in [6.07, 6.45) is 2.45. The van der Waals surface area contributed by atoms with Crippen molar-refractivity contribution in [3.05, 3.63) is 89.2 Å². The number of para-hydroxylation sites is 1. The highest BCUT2D eigenvalue weighted by molar-refractivity contribution is 9.40. The van der Waals surface area contributed by atoms with E-state index >= 15 is 0 Å². The molecule has 1 heterocycles. The fourth-order valence-corrected chi connectivity index (χ4v) is 6.60. The van der Waals surface area contributed by atoms with Crippen LogP contribution in [0.2, 0.25) is 5.15 Å². The molecule has 0 aliphatic heterocycles. The number of hydrogen-bond acceptors (Lipinski definition) is 7. The molecule has 0 saturated heterocycles. The number of esters is 1. The van der Waals surface area contributed by atoms with Crippen LogP contribution in [0.25, 0.3) is 0 Å². The Morgan fingerprint density at radius 2 is 1.78 bits per heavy atom. The van der Waals surface area contributed by atoms with Gasteiger partial charge in [-0.3, -0.25) is 4.79 Å². The van der Waals surface area contributed by atoms with E-state index in [9.17, 15) is 10.1 Å². The number of nitriles is 2. The first-order valence-corrected chi connectivity index (χ1v) is 17.2. The first kappa shape index (κ1) is 37.0. The van der Waals surface area contributed by atoms with Gasteiger partial charge in [0.2, 0.25) is 12.3 Å². The molecule has 0 N–H and O–H groups in total. The fraction of sp³-hybridized carbons (Fsp3) is 0.344. The molecule has 4 atom stereocenters. The summed E-state index contributed by atoms with van der Waals surface area (Å²) < 4.78 is 10.9. The van der Waals surface area contributed by atoms with Crippen molar-refractivity contribution in [3.8, 4) is 23.8 Å². The Balaban J connectivity index is 0.000000309. The van der Waals surface area contributed by atoms with E-state index in [1.165, 1.54) is 0 Å². The molecule has 1 fully saturated rings. The summed E-state index contributed by atoms with van der Waals surface area (Å²) in [5.41, 5.74) is 1.33. The van der Waals surface area contributed by atoms with E-state index in [0.29, 0.717) is 34.6 Å². The molecule has 1 aliphatic carbocycles. The second-order valence-electron chi connectivity index (χ2n) is 10.8. The predicted molar refractivity (Wildman–Crippen MR) is 190 cm³/mol. The number of aromatic nitrogens is 1. The van der Waals surface area contributed by atoms with E-state index in [1.807, 2.05) is 62.2 Å². The van der Waals surface area contributed by atoms with Crippen LogP contribution in [0.4, 0.5) is 0 Å². The zero-order valence-corrected chi connectivity index (χ0v) is 31.9. The minimum atomic E-state index is -1.01. The Bertz CT molecular complexity index is 1570. The molecule has 236 valence electrons. The lowest BCUT2D eigenvalue weighted by atomic mass is 10.1. The number of carbonyl (C=O) groups excluding carboxylic acids is 1. The van der Waals surface area contributed by atoms with Gasteiger partial charge in [0.15, 0.2) is 0 Å². The molecule has 0 bridgehead atoms. The Labute approximate surface area is 302 Å². The summed E-state index contributed by atoms with van der Waals surface area (Å²) in [4.78, 5) is 22.3. The van der Waals surface area contributed by atoms with Crippen LogP contribution in [0.1, 0.15) is 38.0 Å². The van der Waals surface area contributed by atoms with Gasteiger partial charge in [0, 0.05) is 25.4 Å². The lowest BCUT2D eigenvalue weighted by molar-refractivity contribution is -0.149. The van der Waals surface area contributed by atoms with Crippen molar-refractivity contribution < 1.29 is 14.3 Å². The van der Waals surface area contributed by atoms with E-state index in [4.69, 9.17) is 26.3 Å². The van der Waals surface area contributed by atoms with E-state index < -0.39 is 8.25 Å². The number of amidine groups is 1. The molecule has 1 aliphatic rings. The zero-order chi connectivity index (χ0) is 33.4. The van der Waals surface area contributed by atoms with Crippen LogP contribution in [0, 0.1) is 40.0 Å². The average molecular weight is 888 g/mol. The van der Waals surface area contributed by atoms with Gasteiger partial charge in [-0.15, -0.1) is 0 Å². The molecule has 4 rings (SSSR count). The van der Waals surface area contributed by atoms with Gasteiger partial charge in [0.05, 0.1) is 10.7 Å². The van der Waals surface area contributed by atoms with Crippen molar-refractivity contribution in [1.29, 1.82) is 10.5 Å². The number of carbonyl (C=O) groups is 1. The highest BCUT2D eigenvalue weighted by Gasteiger charge is 2.67. The van der Waals surface area contributed by atoms with Crippen LogP contribution in [-0.4, -0.2) is 35.7 Å². The molecule has 1 unspecified atom stereocenters. The van der Waals surface area contributed by atoms with Crippen molar-refractivity contribution in [2.24, 2.45) is 22.2 Å². The monoisotopic (exact) mass is 883 g/mol. The highest BCUT2D eigenvalue weighted by atomic mass is 80.0. The molecule has 3 aromatic rings. The van der Waals surface area contributed by atoms with Crippen molar-refractivity contribution in [1.82, 2.24) is 9.88 Å². The number of aliphatic imine (C=N–C) groups is 1. The maximum absolute atomic E-state index is 12.9. The summed E-state index contributed by atoms with van der Waals surface area (Å²) in [5.74, 6) is 1.25. The number of pyridine rings is 1. The van der Waals surface area contributed by atoms with Crippen LogP contribution in [0.15, 0.2) is 77.9 Å². The van der Waals surface area contributed by atoms with Crippen molar-refractivity contribution in [2.75, 3.05) is 7.05 Å². The fourth-order valence-electron chi connectivity index (χ4n) is 4.65. The molecule has 1 saturated carbocycles. The number of benzene rings is 2. The largest absolute Gasteiger partial charge is 0.457 e. The number of hydrogen-bond donors (Lipinski definition) is 0. The molecule has 0 radical (unpaired) electrons. The number of alkyl halides is 4. The van der Waals surface area contributed by atoms with Gasteiger partial charge >= 0.3 is 5.97 Å². The molecule has 1 aromatic heterocycles. The minimum Gasteiger partial charge on any atom is -0.457 e. The molecule has 0 amide bonds. The summed E-state index contributed by atoms with van der Waals surface area (Å²) in [6.45, 7) is 6.48. The third kappa shape index (κ3) is 10.5. The van der Waals surface area contributed by atoms with Gasteiger partial charge in [0.25, 0.3) is 0 Å². The lowest BCUT2D eigenvalue weighted by Gasteiger charge is -2.21. The van der Waals surface area contributed by atoms with Gasteiger partial charge < -0.3 is 14.4 Å². The van der Waals surface area contributed by atoms with Crippen LogP contribution in [-0.2, 0) is 16.1 Å². The Morgan fingerprint density at radius 3 is 2.36 bits per heavy atom. The Hall–Kier alpha value is -2.48.